The molecule has 0 aliphatic rings. The number of thiophene rings is 1. The van der Waals surface area contributed by atoms with Crippen molar-refractivity contribution in [2.45, 2.75) is 6.42 Å². The van der Waals surface area contributed by atoms with Crippen molar-refractivity contribution in [3.8, 4) is 0 Å². The van der Waals surface area contributed by atoms with Gasteiger partial charge < -0.3 is 5.32 Å². The summed E-state index contributed by atoms with van der Waals surface area (Å²) in [6, 6.07) is 8.52. The molecule has 4 heteroatoms. The van der Waals surface area contributed by atoms with Crippen molar-refractivity contribution in [1.82, 2.24) is 10.7 Å². The normalized spacial score (nSPS) is 11.0. The third-order valence-electron chi connectivity index (χ3n) is 2.36. The van der Waals surface area contributed by atoms with Gasteiger partial charge in [0.2, 0.25) is 0 Å². The van der Waals surface area contributed by atoms with Gasteiger partial charge in [0.05, 0.1) is 6.67 Å². The molecule has 0 atom stereocenters. The number of rotatable bonds is 5. The maximum Gasteiger partial charge on any atom is 0.0587 e. The molecule has 3 nitrogen and oxygen atoms in total. The Morgan fingerprint density at radius 3 is 3.00 bits per heavy atom. The maximum absolute atomic E-state index is 5.17. The first-order valence-electron chi connectivity index (χ1n) is 5.01. The third kappa shape index (κ3) is 2.54. The Hall–Kier alpha value is -0.940. The summed E-state index contributed by atoms with van der Waals surface area (Å²) in [4.78, 5) is 0. The van der Waals surface area contributed by atoms with E-state index in [1.54, 1.807) is 0 Å². The molecule has 0 fully saturated rings. The second-order valence-electron chi connectivity index (χ2n) is 3.39. The van der Waals surface area contributed by atoms with E-state index in [1.165, 1.54) is 15.6 Å². The number of benzene rings is 1. The van der Waals surface area contributed by atoms with Gasteiger partial charge in [-0.1, -0.05) is 18.2 Å². The molecule has 1 aromatic heterocycles. The quantitative estimate of drug-likeness (QED) is 0.310. The highest BCUT2D eigenvalue weighted by atomic mass is 32.1. The summed E-state index contributed by atoms with van der Waals surface area (Å²) in [6.07, 6.45) is 1.05. The van der Waals surface area contributed by atoms with Crippen LogP contribution in [-0.2, 0) is 6.42 Å². The molecule has 0 aliphatic carbocycles. The van der Waals surface area contributed by atoms with Gasteiger partial charge in [-0.05, 0) is 28.8 Å². The molecular formula is C11H15N3S. The minimum Gasteiger partial charge on any atom is -0.303 e. The molecule has 0 radical (unpaired) electrons. The Labute approximate surface area is 93.3 Å². The van der Waals surface area contributed by atoms with E-state index in [0.29, 0.717) is 6.67 Å². The average Bonchev–Trinajstić information content (AvgIpc) is 2.68. The molecule has 0 bridgehead atoms. The standard InChI is InChI=1S/C11H15N3S/c12-14-8-13-6-5-9-7-15-11-4-2-1-3-10(9)11/h1-4,7,13-14H,5-6,8,12H2. The van der Waals surface area contributed by atoms with E-state index in [0.717, 1.165) is 13.0 Å². The van der Waals surface area contributed by atoms with Crippen LogP contribution < -0.4 is 16.6 Å². The van der Waals surface area contributed by atoms with E-state index in [9.17, 15) is 0 Å². The summed E-state index contributed by atoms with van der Waals surface area (Å²) in [5, 5.41) is 6.82. The largest absolute Gasteiger partial charge is 0.303 e. The highest BCUT2D eigenvalue weighted by molar-refractivity contribution is 7.17. The Morgan fingerprint density at radius 1 is 1.27 bits per heavy atom. The van der Waals surface area contributed by atoms with Gasteiger partial charge in [-0.15, -0.1) is 11.3 Å². The predicted octanol–water partition coefficient (Wildman–Crippen LogP) is 1.45. The van der Waals surface area contributed by atoms with Crippen molar-refractivity contribution in [3.05, 3.63) is 35.2 Å². The van der Waals surface area contributed by atoms with Crippen LogP contribution in [0.1, 0.15) is 5.56 Å². The lowest BCUT2D eigenvalue weighted by Crippen LogP contribution is -2.34. The molecule has 1 aromatic carbocycles. The predicted molar refractivity (Wildman–Crippen MR) is 65.7 cm³/mol. The summed E-state index contributed by atoms with van der Waals surface area (Å²) in [5.41, 5.74) is 3.99. The van der Waals surface area contributed by atoms with Crippen LogP contribution in [-0.4, -0.2) is 13.2 Å². The van der Waals surface area contributed by atoms with Gasteiger partial charge in [0, 0.05) is 11.2 Å². The lowest BCUT2D eigenvalue weighted by Gasteiger charge is -2.02. The van der Waals surface area contributed by atoms with Crippen LogP contribution in [0.15, 0.2) is 29.6 Å². The van der Waals surface area contributed by atoms with Crippen molar-refractivity contribution < 1.29 is 0 Å². The van der Waals surface area contributed by atoms with E-state index >= 15 is 0 Å². The van der Waals surface area contributed by atoms with Crippen molar-refractivity contribution in [2.24, 2.45) is 5.84 Å². The zero-order chi connectivity index (χ0) is 10.5. The molecule has 2 aromatic rings. The molecule has 4 N–H and O–H groups in total. The van der Waals surface area contributed by atoms with Crippen LogP contribution in [0.5, 0.6) is 0 Å². The fourth-order valence-corrected chi connectivity index (χ4v) is 2.61. The summed E-state index contributed by atoms with van der Waals surface area (Å²) in [7, 11) is 0. The minimum absolute atomic E-state index is 0.655. The molecule has 2 rings (SSSR count). The Morgan fingerprint density at radius 2 is 2.13 bits per heavy atom. The maximum atomic E-state index is 5.17. The third-order valence-corrected chi connectivity index (χ3v) is 3.37. The number of hydrogen-bond donors (Lipinski definition) is 3. The SMILES string of the molecule is NNCNCCc1csc2ccccc12. The van der Waals surface area contributed by atoms with Gasteiger partial charge in [-0.2, -0.15) is 0 Å². The van der Waals surface area contributed by atoms with Gasteiger partial charge in [0.25, 0.3) is 0 Å². The molecule has 0 spiro atoms. The molecule has 0 aliphatic heterocycles. The van der Waals surface area contributed by atoms with E-state index in [2.05, 4.69) is 40.4 Å². The lowest BCUT2D eigenvalue weighted by atomic mass is 10.1. The molecule has 15 heavy (non-hydrogen) atoms. The first-order chi connectivity index (χ1) is 7.42. The zero-order valence-corrected chi connectivity index (χ0v) is 9.31. The van der Waals surface area contributed by atoms with Crippen molar-refractivity contribution in [3.63, 3.8) is 0 Å². The van der Waals surface area contributed by atoms with Crippen LogP contribution in [0, 0.1) is 0 Å². The number of nitrogens with two attached hydrogens (primary N) is 1. The molecule has 0 amide bonds. The monoisotopic (exact) mass is 221 g/mol. The number of nitrogens with one attached hydrogen (secondary N) is 2. The van der Waals surface area contributed by atoms with Crippen LogP contribution in [0.25, 0.3) is 10.1 Å². The Bertz CT molecular complexity index is 424. The van der Waals surface area contributed by atoms with Gasteiger partial charge in [0.15, 0.2) is 0 Å². The second kappa shape index (κ2) is 5.23. The van der Waals surface area contributed by atoms with Gasteiger partial charge in [-0.3, -0.25) is 5.84 Å². The lowest BCUT2D eigenvalue weighted by molar-refractivity contribution is 0.603. The number of hydrogen-bond acceptors (Lipinski definition) is 4. The number of fused-ring (bicyclic) bond motifs is 1. The van der Waals surface area contributed by atoms with Crippen molar-refractivity contribution >= 4 is 21.4 Å². The summed E-state index contributed by atoms with van der Waals surface area (Å²) in [6.45, 7) is 1.60. The molecule has 0 saturated heterocycles. The summed E-state index contributed by atoms with van der Waals surface area (Å²) in [5.74, 6) is 5.17. The topological polar surface area (TPSA) is 50.1 Å². The Kier molecular flexibility index (Phi) is 3.69. The first-order valence-corrected chi connectivity index (χ1v) is 5.89. The minimum atomic E-state index is 0.655. The zero-order valence-electron chi connectivity index (χ0n) is 8.49. The fourth-order valence-electron chi connectivity index (χ4n) is 1.61. The van der Waals surface area contributed by atoms with Crippen molar-refractivity contribution in [2.75, 3.05) is 13.2 Å². The van der Waals surface area contributed by atoms with Gasteiger partial charge in [-0.25, -0.2) is 5.43 Å². The average molecular weight is 221 g/mol. The van der Waals surface area contributed by atoms with E-state index < -0.39 is 0 Å². The fraction of sp³-hybridized carbons (Fsp3) is 0.273. The van der Waals surface area contributed by atoms with Crippen LogP contribution in [0.4, 0.5) is 0 Å². The molecule has 80 valence electrons. The molecular weight excluding hydrogens is 206 g/mol. The molecule has 0 unspecified atom stereocenters. The van der Waals surface area contributed by atoms with E-state index in [4.69, 9.17) is 5.84 Å². The Balaban J connectivity index is 2.02. The smallest absolute Gasteiger partial charge is 0.0587 e. The van der Waals surface area contributed by atoms with E-state index in [-0.39, 0.29) is 0 Å². The van der Waals surface area contributed by atoms with Gasteiger partial charge >= 0.3 is 0 Å². The first kappa shape index (κ1) is 10.6. The number of hydrazine groups is 1. The van der Waals surface area contributed by atoms with Crippen molar-refractivity contribution in [1.29, 1.82) is 0 Å². The van der Waals surface area contributed by atoms with E-state index in [1.807, 2.05) is 11.3 Å². The summed E-state index contributed by atoms with van der Waals surface area (Å²) < 4.78 is 1.37. The van der Waals surface area contributed by atoms with Crippen LogP contribution in [0.3, 0.4) is 0 Å². The molecule has 1 heterocycles. The summed E-state index contributed by atoms with van der Waals surface area (Å²) >= 11 is 1.81. The highest BCUT2D eigenvalue weighted by Crippen LogP contribution is 2.25. The van der Waals surface area contributed by atoms with Crippen LogP contribution >= 0.6 is 11.3 Å². The van der Waals surface area contributed by atoms with Gasteiger partial charge in [0.1, 0.15) is 0 Å². The van der Waals surface area contributed by atoms with Crippen LogP contribution in [0.2, 0.25) is 0 Å². The highest BCUT2D eigenvalue weighted by Gasteiger charge is 2.01. The second-order valence-corrected chi connectivity index (χ2v) is 4.30. The molecule has 0 saturated carbocycles.